The van der Waals surface area contributed by atoms with Crippen LogP contribution in [-0.2, 0) is 30.9 Å². The summed E-state index contributed by atoms with van der Waals surface area (Å²) in [4.78, 5) is 32.0. The molecule has 1 aliphatic carbocycles. The summed E-state index contributed by atoms with van der Waals surface area (Å²) in [5, 5.41) is 1.13. The van der Waals surface area contributed by atoms with E-state index < -0.39 is 11.0 Å². The molecule has 0 radical (unpaired) electrons. The summed E-state index contributed by atoms with van der Waals surface area (Å²) in [6, 6.07) is 7.85. The highest BCUT2D eigenvalue weighted by molar-refractivity contribution is 5.96. The van der Waals surface area contributed by atoms with Gasteiger partial charge in [0.15, 0.2) is 0 Å². The van der Waals surface area contributed by atoms with Gasteiger partial charge < -0.3 is 19.4 Å². The van der Waals surface area contributed by atoms with Crippen LogP contribution in [0, 0.1) is 5.92 Å². The second-order valence-electron chi connectivity index (χ2n) is 8.33. The van der Waals surface area contributed by atoms with Gasteiger partial charge in [-0.05, 0) is 30.9 Å². The third-order valence-corrected chi connectivity index (χ3v) is 7.48. The molecule has 4 fully saturated rings. The van der Waals surface area contributed by atoms with Gasteiger partial charge in [0, 0.05) is 23.1 Å². The molecule has 3 saturated heterocycles. The Hall–Kier alpha value is -2.34. The number of epoxide rings is 1. The number of rotatable bonds is 2. The fraction of sp³-hybridized carbons (Fsp3) is 0.524. The molecule has 7 rings (SSSR count). The lowest BCUT2D eigenvalue weighted by molar-refractivity contribution is -0.168. The summed E-state index contributed by atoms with van der Waals surface area (Å²) in [7, 11) is 1.45. The van der Waals surface area contributed by atoms with Gasteiger partial charge in [-0.2, -0.15) is 0 Å². The number of para-hydroxylation sites is 1. The zero-order valence-electron chi connectivity index (χ0n) is 15.5. The minimum atomic E-state index is -0.888. The van der Waals surface area contributed by atoms with Crippen molar-refractivity contribution in [3.05, 3.63) is 35.5 Å². The number of methoxy groups -OCH3 is 1. The van der Waals surface area contributed by atoms with Crippen LogP contribution in [0.4, 0.5) is 0 Å². The lowest BCUT2D eigenvalue weighted by atomic mass is 9.56. The van der Waals surface area contributed by atoms with Crippen molar-refractivity contribution < 1.29 is 19.1 Å². The van der Waals surface area contributed by atoms with E-state index in [0.717, 1.165) is 35.0 Å². The molecule has 4 bridgehead atoms. The highest BCUT2D eigenvalue weighted by Gasteiger charge is 2.81. The Morgan fingerprint density at radius 3 is 3.00 bits per heavy atom. The maximum Gasteiger partial charge on any atom is 0.320 e. The fourth-order valence-corrected chi connectivity index (χ4v) is 6.42. The average Bonchev–Trinajstić information content (AvgIpc) is 3.37. The van der Waals surface area contributed by atoms with Crippen LogP contribution in [0.5, 0.6) is 0 Å². The maximum atomic E-state index is 13.4. The van der Waals surface area contributed by atoms with Crippen molar-refractivity contribution in [2.75, 3.05) is 13.7 Å². The Morgan fingerprint density at radius 1 is 1.41 bits per heavy atom. The highest BCUT2D eigenvalue weighted by atomic mass is 16.6. The quantitative estimate of drug-likeness (QED) is 0.651. The van der Waals surface area contributed by atoms with Gasteiger partial charge in [-0.1, -0.05) is 25.1 Å². The molecule has 6 heteroatoms. The second-order valence-corrected chi connectivity index (χ2v) is 8.33. The van der Waals surface area contributed by atoms with Crippen molar-refractivity contribution >= 4 is 22.8 Å². The zero-order valence-corrected chi connectivity index (χ0v) is 15.5. The van der Waals surface area contributed by atoms with E-state index in [1.165, 1.54) is 7.11 Å². The molecule has 1 amide bonds. The predicted octanol–water partition coefficient (Wildman–Crippen LogP) is 1.91. The van der Waals surface area contributed by atoms with E-state index >= 15 is 0 Å². The molecule has 3 unspecified atom stereocenters. The number of nitrogens with zero attached hydrogens (tertiary/aromatic N) is 1. The van der Waals surface area contributed by atoms with Crippen LogP contribution in [0.1, 0.15) is 31.0 Å². The van der Waals surface area contributed by atoms with Crippen LogP contribution >= 0.6 is 0 Å². The lowest BCUT2D eigenvalue weighted by Gasteiger charge is -2.54. The number of H-pyrrole nitrogens is 1. The molecular formula is C21H22N2O4. The van der Waals surface area contributed by atoms with E-state index in [4.69, 9.17) is 9.47 Å². The number of hydrogen-bond donors (Lipinski definition) is 1. The first kappa shape index (κ1) is 15.7. The number of nitrogens with one attached hydrogen (secondary N) is 1. The predicted molar refractivity (Wildman–Crippen MR) is 97.2 cm³/mol. The summed E-state index contributed by atoms with van der Waals surface area (Å²) < 4.78 is 11.6. The number of esters is 1. The van der Waals surface area contributed by atoms with Crippen molar-refractivity contribution in [1.82, 2.24) is 9.88 Å². The SMILES string of the molecule is CC[C@]12OC1[C@@H]1CC3(C(=O)OC)c4[nH]c5ccccc5c4CCN(C1=O)C32. The van der Waals surface area contributed by atoms with Gasteiger partial charge in [0.05, 0.1) is 19.1 Å². The first-order chi connectivity index (χ1) is 13.1. The van der Waals surface area contributed by atoms with Gasteiger partial charge in [0.2, 0.25) is 5.91 Å². The van der Waals surface area contributed by atoms with Gasteiger partial charge in [-0.3, -0.25) is 9.59 Å². The molecule has 4 aliphatic heterocycles. The van der Waals surface area contributed by atoms with E-state index in [1.807, 2.05) is 23.1 Å². The van der Waals surface area contributed by atoms with E-state index in [1.54, 1.807) is 0 Å². The number of carbonyl (C=O) groups is 2. The molecule has 0 spiro atoms. The molecule has 5 heterocycles. The van der Waals surface area contributed by atoms with Crippen LogP contribution in [0.25, 0.3) is 10.9 Å². The van der Waals surface area contributed by atoms with Gasteiger partial charge in [0.1, 0.15) is 17.1 Å². The molecule has 2 aromatic rings. The minimum absolute atomic E-state index is 0.0556. The molecule has 140 valence electrons. The standard InChI is InChI=1S/C21H22N2O4/c1-3-21-16(27-21)13-10-20(19(25)26-2)15-12(8-9-23(17(13)24)18(20)21)11-6-4-5-7-14(11)22-15/h4-7,13,16,18,22H,3,8-10H2,1-2H3/t13-,16?,18?,20?,21-/m0/s1. The number of piperidine rings is 2. The van der Waals surface area contributed by atoms with Crippen molar-refractivity contribution in [2.24, 2.45) is 5.92 Å². The van der Waals surface area contributed by atoms with Crippen LogP contribution in [0.15, 0.2) is 24.3 Å². The lowest BCUT2D eigenvalue weighted by Crippen LogP contribution is -2.73. The largest absolute Gasteiger partial charge is 0.468 e. The Morgan fingerprint density at radius 2 is 2.22 bits per heavy atom. The number of aromatic amines is 1. The van der Waals surface area contributed by atoms with Gasteiger partial charge in [-0.25, -0.2) is 0 Å². The Kier molecular flexibility index (Phi) is 2.75. The molecule has 1 N–H and O–H groups in total. The summed E-state index contributed by atoms with van der Waals surface area (Å²) in [5.74, 6) is -0.390. The third kappa shape index (κ3) is 1.55. The smallest absolute Gasteiger partial charge is 0.320 e. The normalized spacial score (nSPS) is 38.4. The number of fused-ring (bicyclic) bond motifs is 3. The van der Waals surface area contributed by atoms with Gasteiger partial charge >= 0.3 is 5.97 Å². The number of ether oxygens (including phenoxy) is 2. The van der Waals surface area contributed by atoms with Crippen molar-refractivity contribution in [3.63, 3.8) is 0 Å². The van der Waals surface area contributed by atoms with Crippen molar-refractivity contribution in [3.8, 4) is 0 Å². The molecule has 1 aromatic heterocycles. The Balaban J connectivity index is 1.69. The molecule has 1 aromatic carbocycles. The van der Waals surface area contributed by atoms with Gasteiger partial charge in [-0.15, -0.1) is 0 Å². The minimum Gasteiger partial charge on any atom is -0.468 e. The van der Waals surface area contributed by atoms with E-state index in [-0.39, 0.29) is 29.9 Å². The Bertz CT molecular complexity index is 1010. The number of benzene rings is 1. The Labute approximate surface area is 156 Å². The first-order valence-corrected chi connectivity index (χ1v) is 9.75. The summed E-state index contributed by atoms with van der Waals surface area (Å²) >= 11 is 0. The van der Waals surface area contributed by atoms with Crippen molar-refractivity contribution in [1.29, 1.82) is 0 Å². The zero-order chi connectivity index (χ0) is 18.6. The molecule has 5 atom stereocenters. The second kappa shape index (κ2) is 4.73. The van der Waals surface area contributed by atoms with E-state index in [0.29, 0.717) is 13.0 Å². The number of carbonyl (C=O) groups excluding carboxylic acids is 2. The molecule has 1 saturated carbocycles. The van der Waals surface area contributed by atoms with E-state index in [2.05, 4.69) is 18.0 Å². The van der Waals surface area contributed by atoms with Gasteiger partial charge in [0.25, 0.3) is 0 Å². The molecule has 6 nitrogen and oxygen atoms in total. The van der Waals surface area contributed by atoms with E-state index in [9.17, 15) is 9.59 Å². The molecule has 5 aliphatic rings. The first-order valence-electron chi connectivity index (χ1n) is 9.75. The van der Waals surface area contributed by atoms with Crippen LogP contribution in [0.3, 0.4) is 0 Å². The highest BCUT2D eigenvalue weighted by Crippen LogP contribution is 2.65. The van der Waals surface area contributed by atoms with Crippen LogP contribution < -0.4 is 0 Å². The fourth-order valence-electron chi connectivity index (χ4n) is 6.42. The number of hydrogen-bond acceptors (Lipinski definition) is 4. The average molecular weight is 366 g/mol. The summed E-state index contributed by atoms with van der Waals surface area (Å²) in [6.45, 7) is 2.71. The van der Waals surface area contributed by atoms with Crippen molar-refractivity contribution in [2.45, 2.75) is 49.3 Å². The monoisotopic (exact) mass is 366 g/mol. The topological polar surface area (TPSA) is 74.9 Å². The summed E-state index contributed by atoms with van der Waals surface area (Å²) in [5.41, 5.74) is 1.79. The third-order valence-electron chi connectivity index (χ3n) is 7.48. The molecule has 27 heavy (non-hydrogen) atoms. The number of aromatic nitrogens is 1. The van der Waals surface area contributed by atoms with Crippen LogP contribution in [-0.4, -0.2) is 53.2 Å². The van der Waals surface area contributed by atoms with Crippen LogP contribution in [0.2, 0.25) is 0 Å². The molecular weight excluding hydrogens is 344 g/mol. The maximum absolute atomic E-state index is 13.4. The summed E-state index contributed by atoms with van der Waals surface area (Å²) in [6.07, 6.45) is 1.93. The number of amides is 1.